The Morgan fingerprint density at radius 2 is 2.00 bits per heavy atom. The van der Waals surface area contributed by atoms with Gasteiger partial charge in [-0.15, -0.1) is 11.3 Å². The molecule has 1 unspecified atom stereocenters. The SMILES string of the molecule is O=C(/C=C/c1ccc(Cl)s1)NCC(c1ccc(F)cc1)N1CCOCC1. The number of nitrogens with one attached hydrogen (secondary N) is 1. The molecule has 0 aliphatic carbocycles. The summed E-state index contributed by atoms with van der Waals surface area (Å²) in [5, 5.41) is 2.94. The molecule has 1 fully saturated rings. The van der Waals surface area contributed by atoms with Gasteiger partial charge < -0.3 is 10.1 Å². The number of carbonyl (C=O) groups excluding carboxylic acids is 1. The van der Waals surface area contributed by atoms with Crippen molar-refractivity contribution >= 4 is 34.9 Å². The van der Waals surface area contributed by atoms with Crippen molar-refractivity contribution < 1.29 is 13.9 Å². The Morgan fingerprint density at radius 3 is 2.65 bits per heavy atom. The minimum Gasteiger partial charge on any atom is -0.379 e. The summed E-state index contributed by atoms with van der Waals surface area (Å²) in [6.07, 6.45) is 3.25. The number of nitrogens with zero attached hydrogens (tertiary/aromatic N) is 1. The van der Waals surface area contributed by atoms with Gasteiger partial charge in [-0.2, -0.15) is 0 Å². The van der Waals surface area contributed by atoms with Crippen LogP contribution in [0.5, 0.6) is 0 Å². The van der Waals surface area contributed by atoms with Crippen LogP contribution in [-0.4, -0.2) is 43.7 Å². The van der Waals surface area contributed by atoms with E-state index in [2.05, 4.69) is 10.2 Å². The molecule has 1 aromatic heterocycles. The molecule has 4 nitrogen and oxygen atoms in total. The number of hydrogen-bond acceptors (Lipinski definition) is 4. The Morgan fingerprint density at radius 1 is 1.27 bits per heavy atom. The second kappa shape index (κ2) is 9.28. The zero-order valence-electron chi connectivity index (χ0n) is 14.2. The summed E-state index contributed by atoms with van der Waals surface area (Å²) in [6, 6.07) is 10.1. The molecule has 2 aromatic rings. The average Bonchev–Trinajstić information content (AvgIpc) is 3.08. The van der Waals surface area contributed by atoms with Gasteiger partial charge in [0.15, 0.2) is 0 Å². The Balaban J connectivity index is 1.64. The first-order valence-electron chi connectivity index (χ1n) is 8.40. The fourth-order valence-corrected chi connectivity index (χ4v) is 3.83. The van der Waals surface area contributed by atoms with Gasteiger partial charge in [0, 0.05) is 30.6 Å². The normalized spacial score (nSPS) is 16.7. The molecule has 1 aliphatic rings. The fourth-order valence-electron chi connectivity index (χ4n) is 2.86. The van der Waals surface area contributed by atoms with Crippen molar-refractivity contribution in [2.75, 3.05) is 32.8 Å². The van der Waals surface area contributed by atoms with Crippen molar-refractivity contribution in [3.63, 3.8) is 0 Å². The van der Waals surface area contributed by atoms with Gasteiger partial charge in [-0.05, 0) is 35.9 Å². The highest BCUT2D eigenvalue weighted by molar-refractivity contribution is 7.17. The molecule has 1 aliphatic heterocycles. The van der Waals surface area contributed by atoms with Crippen molar-refractivity contribution in [1.29, 1.82) is 0 Å². The predicted molar refractivity (Wildman–Crippen MR) is 103 cm³/mol. The van der Waals surface area contributed by atoms with Crippen molar-refractivity contribution in [2.45, 2.75) is 6.04 Å². The third kappa shape index (κ3) is 5.38. The van der Waals surface area contributed by atoms with Gasteiger partial charge in [0.25, 0.3) is 0 Å². The maximum Gasteiger partial charge on any atom is 0.244 e. The topological polar surface area (TPSA) is 41.6 Å². The van der Waals surface area contributed by atoms with Gasteiger partial charge in [-0.1, -0.05) is 23.7 Å². The van der Waals surface area contributed by atoms with Crippen molar-refractivity contribution in [3.05, 3.63) is 63.1 Å². The van der Waals surface area contributed by atoms with Gasteiger partial charge in [0.1, 0.15) is 5.82 Å². The fraction of sp³-hybridized carbons (Fsp3) is 0.316. The Hall–Kier alpha value is -1.73. The molecular weight excluding hydrogens is 375 g/mol. The Kier molecular flexibility index (Phi) is 6.80. The largest absolute Gasteiger partial charge is 0.379 e. The number of amides is 1. The lowest BCUT2D eigenvalue weighted by atomic mass is 10.0. The van der Waals surface area contributed by atoms with E-state index in [9.17, 15) is 9.18 Å². The van der Waals surface area contributed by atoms with Gasteiger partial charge in [0.05, 0.1) is 23.6 Å². The van der Waals surface area contributed by atoms with Crippen LogP contribution in [0.4, 0.5) is 4.39 Å². The van der Waals surface area contributed by atoms with Crippen LogP contribution in [0.3, 0.4) is 0 Å². The van der Waals surface area contributed by atoms with E-state index in [4.69, 9.17) is 16.3 Å². The predicted octanol–water partition coefficient (Wildman–Crippen LogP) is 3.74. The molecule has 1 amide bonds. The van der Waals surface area contributed by atoms with Crippen LogP contribution < -0.4 is 5.32 Å². The maximum atomic E-state index is 13.2. The van der Waals surface area contributed by atoms with Crippen LogP contribution >= 0.6 is 22.9 Å². The summed E-state index contributed by atoms with van der Waals surface area (Å²) in [5.74, 6) is -0.439. The molecule has 1 saturated heterocycles. The zero-order valence-corrected chi connectivity index (χ0v) is 15.7. The third-order valence-electron chi connectivity index (χ3n) is 4.20. The highest BCUT2D eigenvalue weighted by Gasteiger charge is 2.23. The standard InChI is InChI=1S/C19H20ClFN2O2S/c20-18-7-5-16(26-18)6-8-19(24)22-13-17(23-9-11-25-12-10-23)14-1-3-15(21)4-2-14/h1-8,17H,9-13H2,(H,22,24)/b8-6+. The first-order chi connectivity index (χ1) is 12.6. The number of morpholine rings is 1. The quantitative estimate of drug-likeness (QED) is 0.759. The second-order valence-electron chi connectivity index (χ2n) is 5.94. The summed E-state index contributed by atoms with van der Waals surface area (Å²) in [4.78, 5) is 15.3. The molecule has 0 bridgehead atoms. The van der Waals surface area contributed by atoms with E-state index in [1.54, 1.807) is 24.3 Å². The van der Waals surface area contributed by atoms with Crippen molar-refractivity contribution in [3.8, 4) is 0 Å². The molecule has 0 radical (unpaired) electrons. The van der Waals surface area contributed by atoms with E-state index in [1.807, 2.05) is 6.07 Å². The maximum absolute atomic E-state index is 13.2. The van der Waals surface area contributed by atoms with Crippen molar-refractivity contribution in [2.24, 2.45) is 0 Å². The summed E-state index contributed by atoms with van der Waals surface area (Å²) < 4.78 is 19.3. The molecule has 7 heteroatoms. The smallest absolute Gasteiger partial charge is 0.244 e. The van der Waals surface area contributed by atoms with Gasteiger partial charge in [-0.25, -0.2) is 4.39 Å². The summed E-state index contributed by atoms with van der Waals surface area (Å²) in [7, 11) is 0. The van der Waals surface area contributed by atoms with Crippen LogP contribution in [0.2, 0.25) is 4.34 Å². The molecule has 0 saturated carbocycles. The molecule has 3 rings (SSSR count). The lowest BCUT2D eigenvalue weighted by molar-refractivity contribution is -0.116. The molecule has 1 aromatic carbocycles. The average molecular weight is 395 g/mol. The zero-order chi connectivity index (χ0) is 18.4. The van der Waals surface area contributed by atoms with Crippen molar-refractivity contribution in [1.82, 2.24) is 10.2 Å². The van der Waals surface area contributed by atoms with Gasteiger partial charge in [-0.3, -0.25) is 9.69 Å². The van der Waals surface area contributed by atoms with Crippen LogP contribution in [0, 0.1) is 5.82 Å². The van der Waals surface area contributed by atoms with Crippen LogP contribution in [0.25, 0.3) is 6.08 Å². The van der Waals surface area contributed by atoms with E-state index in [-0.39, 0.29) is 17.8 Å². The molecule has 1 atom stereocenters. The lowest BCUT2D eigenvalue weighted by Gasteiger charge is -2.34. The number of carbonyl (C=O) groups is 1. The molecule has 1 N–H and O–H groups in total. The van der Waals surface area contributed by atoms with Crippen LogP contribution in [0.1, 0.15) is 16.5 Å². The van der Waals surface area contributed by atoms with Crippen LogP contribution in [-0.2, 0) is 9.53 Å². The van der Waals surface area contributed by atoms with Gasteiger partial charge in [0.2, 0.25) is 5.91 Å². The summed E-state index contributed by atoms with van der Waals surface area (Å²) in [5.41, 5.74) is 0.975. The minimum atomic E-state index is -0.268. The molecule has 26 heavy (non-hydrogen) atoms. The summed E-state index contributed by atoms with van der Waals surface area (Å²) >= 11 is 7.30. The van der Waals surface area contributed by atoms with Gasteiger partial charge >= 0.3 is 0 Å². The highest BCUT2D eigenvalue weighted by atomic mass is 35.5. The molecular formula is C19H20ClFN2O2S. The minimum absolute atomic E-state index is 0.0203. The third-order valence-corrected chi connectivity index (χ3v) is 5.40. The van der Waals surface area contributed by atoms with E-state index in [1.165, 1.54) is 29.5 Å². The van der Waals surface area contributed by atoms with E-state index < -0.39 is 0 Å². The second-order valence-corrected chi connectivity index (χ2v) is 7.68. The van der Waals surface area contributed by atoms with E-state index >= 15 is 0 Å². The number of benzene rings is 1. The summed E-state index contributed by atoms with van der Waals surface area (Å²) in [6.45, 7) is 3.32. The molecule has 138 valence electrons. The first kappa shape index (κ1) is 19.0. The molecule has 2 heterocycles. The number of hydrogen-bond donors (Lipinski definition) is 1. The Bertz CT molecular complexity index is 757. The number of ether oxygens (including phenoxy) is 1. The van der Waals surface area contributed by atoms with Crippen LogP contribution in [0.15, 0.2) is 42.5 Å². The monoisotopic (exact) mass is 394 g/mol. The number of rotatable bonds is 6. The highest BCUT2D eigenvalue weighted by Crippen LogP contribution is 2.23. The van der Waals surface area contributed by atoms with E-state index in [0.717, 1.165) is 23.5 Å². The number of halogens is 2. The lowest BCUT2D eigenvalue weighted by Crippen LogP contribution is -2.43. The number of thiophene rings is 1. The first-order valence-corrected chi connectivity index (χ1v) is 9.60. The Labute approximate surface area is 161 Å². The molecule has 0 spiro atoms. The van der Waals surface area contributed by atoms with E-state index in [0.29, 0.717) is 24.1 Å².